The summed E-state index contributed by atoms with van der Waals surface area (Å²) in [7, 11) is 0. The van der Waals surface area contributed by atoms with Gasteiger partial charge in [0, 0.05) is 6.08 Å². The fraction of sp³-hybridized carbons (Fsp3) is 0.200. The summed E-state index contributed by atoms with van der Waals surface area (Å²) in [4.78, 5) is 0. The third-order valence-electron chi connectivity index (χ3n) is 0.896. The van der Waals surface area contributed by atoms with Crippen LogP contribution in [0.1, 0.15) is 0 Å². The molecule has 0 radical (unpaired) electrons. The predicted molar refractivity (Wildman–Crippen MR) is 27.7 cm³/mol. The molecule has 44 valence electrons. The van der Waals surface area contributed by atoms with Gasteiger partial charge >= 0.3 is 0 Å². The molecule has 8 heavy (non-hydrogen) atoms. The van der Waals surface area contributed by atoms with Crippen molar-refractivity contribution in [3.63, 3.8) is 0 Å². The van der Waals surface area contributed by atoms with E-state index in [0.29, 0.717) is 0 Å². The van der Waals surface area contributed by atoms with Gasteiger partial charge in [-0.25, -0.2) is 0 Å². The number of aliphatic hydroxyl groups is 1. The quantitative estimate of drug-likeness (QED) is 0.478. The Morgan fingerprint density at radius 2 is 2.50 bits per heavy atom. The fourth-order valence-electron chi connectivity index (χ4n) is 0.482. The van der Waals surface area contributed by atoms with Crippen LogP contribution in [0.4, 0.5) is 4.48 Å². The van der Waals surface area contributed by atoms with Crippen LogP contribution in [0.2, 0.25) is 0 Å². The van der Waals surface area contributed by atoms with Crippen LogP contribution in [-0.4, -0.2) is 16.8 Å². The van der Waals surface area contributed by atoms with E-state index in [1.165, 1.54) is 6.08 Å². The molecule has 1 heterocycles. The molecule has 1 aliphatic rings. The largest absolute Gasteiger partial charge is 0.493 e. The first-order chi connectivity index (χ1) is 3.80. The van der Waals surface area contributed by atoms with E-state index in [9.17, 15) is 4.48 Å². The zero-order valence-electron chi connectivity index (χ0n) is 4.21. The van der Waals surface area contributed by atoms with E-state index in [1.54, 1.807) is 12.2 Å². The third-order valence-corrected chi connectivity index (χ3v) is 0.896. The van der Waals surface area contributed by atoms with Crippen LogP contribution >= 0.6 is 0 Å². The maximum Gasteiger partial charge on any atom is 0.215 e. The summed E-state index contributed by atoms with van der Waals surface area (Å²) in [5, 5.41) is 8.80. The first-order valence-electron chi connectivity index (χ1n) is 2.30. The van der Waals surface area contributed by atoms with Gasteiger partial charge in [-0.05, 0) is 0 Å². The Kier molecular flexibility index (Phi) is 1.20. The van der Waals surface area contributed by atoms with Gasteiger partial charge in [-0.15, -0.1) is 0 Å². The molecule has 1 aliphatic heterocycles. The van der Waals surface area contributed by atoms with Crippen molar-refractivity contribution < 1.29 is 9.59 Å². The summed E-state index contributed by atoms with van der Waals surface area (Å²) in [5.41, 5.74) is 0. The van der Waals surface area contributed by atoms with E-state index in [4.69, 9.17) is 5.11 Å². The molecule has 0 saturated carbocycles. The number of halogens is 1. The van der Waals surface area contributed by atoms with Crippen molar-refractivity contribution in [2.45, 2.75) is 0 Å². The first-order valence-corrected chi connectivity index (χ1v) is 2.30. The lowest BCUT2D eigenvalue weighted by atomic mass is 10.4. The van der Waals surface area contributed by atoms with Gasteiger partial charge in [0.25, 0.3) is 0 Å². The molecule has 3 heteroatoms. The lowest BCUT2D eigenvalue weighted by Crippen LogP contribution is -2.14. The molecule has 0 unspecified atom stereocenters. The van der Waals surface area contributed by atoms with Crippen LogP contribution in [0.5, 0.6) is 0 Å². The molecule has 0 aromatic rings. The molecule has 0 fully saturated rings. The van der Waals surface area contributed by atoms with Gasteiger partial charge < -0.3 is 5.11 Å². The number of hydrogen-bond donors (Lipinski definition) is 1. The van der Waals surface area contributed by atoms with Crippen LogP contribution in [0.3, 0.4) is 0 Å². The number of aliphatic hydroxyl groups excluding tert-OH is 1. The molecule has 1 rings (SSSR count). The monoisotopic (exact) mass is 115 g/mol. The van der Waals surface area contributed by atoms with E-state index >= 15 is 0 Å². The Morgan fingerprint density at radius 1 is 1.75 bits per heavy atom. The molecule has 0 aliphatic carbocycles. The van der Waals surface area contributed by atoms with Crippen molar-refractivity contribution in [2.75, 3.05) is 6.54 Å². The van der Waals surface area contributed by atoms with Crippen molar-refractivity contribution in [2.24, 2.45) is 0 Å². The summed E-state index contributed by atoms with van der Waals surface area (Å²) in [5.74, 6) is -0.326. The normalized spacial score (nSPS) is 18.6. The second-order valence-corrected chi connectivity index (χ2v) is 1.50. The van der Waals surface area contributed by atoms with Crippen molar-refractivity contribution in [1.82, 2.24) is 5.12 Å². The predicted octanol–water partition coefficient (Wildman–Crippen LogP) is 1.14. The molecule has 2 nitrogen and oxygen atoms in total. The third kappa shape index (κ3) is 0.804. The highest BCUT2D eigenvalue weighted by Crippen LogP contribution is 2.05. The standard InChI is InChI=1S/C5H6FNO/c6-7-4-2-1-3-5(7)8/h1-3,8H,4H2. The second-order valence-electron chi connectivity index (χ2n) is 1.50. The van der Waals surface area contributed by atoms with Gasteiger partial charge in [-0.1, -0.05) is 16.6 Å². The van der Waals surface area contributed by atoms with Crippen LogP contribution in [0.25, 0.3) is 0 Å². The highest BCUT2D eigenvalue weighted by Gasteiger charge is 2.04. The Bertz CT molecular complexity index is 141. The lowest BCUT2D eigenvalue weighted by Gasteiger charge is -2.11. The minimum absolute atomic E-state index is 0.141. The number of nitrogens with zero attached hydrogens (tertiary/aromatic N) is 1. The molecule has 0 aromatic heterocycles. The van der Waals surface area contributed by atoms with Crippen LogP contribution in [0.15, 0.2) is 24.1 Å². The SMILES string of the molecule is OC1=CC=CCN1F. The van der Waals surface area contributed by atoms with Crippen molar-refractivity contribution in [3.05, 3.63) is 24.1 Å². The Hall–Kier alpha value is -0.990. The Morgan fingerprint density at radius 3 is 2.88 bits per heavy atom. The topological polar surface area (TPSA) is 23.5 Å². The van der Waals surface area contributed by atoms with Crippen LogP contribution in [0, 0.1) is 0 Å². The van der Waals surface area contributed by atoms with E-state index < -0.39 is 0 Å². The van der Waals surface area contributed by atoms with E-state index in [-0.39, 0.29) is 17.5 Å². The van der Waals surface area contributed by atoms with Gasteiger partial charge in [0.1, 0.15) is 0 Å². The van der Waals surface area contributed by atoms with Gasteiger partial charge in [0.2, 0.25) is 5.88 Å². The maximum atomic E-state index is 12.0. The highest BCUT2D eigenvalue weighted by molar-refractivity contribution is 5.10. The molecule has 0 aromatic carbocycles. The Balaban J connectivity index is 2.66. The molecule has 0 atom stereocenters. The summed E-state index contributed by atoms with van der Waals surface area (Å²) in [6.45, 7) is 0.141. The smallest absolute Gasteiger partial charge is 0.215 e. The summed E-state index contributed by atoms with van der Waals surface area (Å²) >= 11 is 0. The molecule has 0 amide bonds. The summed E-state index contributed by atoms with van der Waals surface area (Å²) in [6.07, 6.45) is 4.51. The Labute approximate surface area is 46.5 Å². The zero-order chi connectivity index (χ0) is 5.98. The summed E-state index contributed by atoms with van der Waals surface area (Å²) < 4.78 is 12.0. The van der Waals surface area contributed by atoms with Crippen molar-refractivity contribution in [1.29, 1.82) is 0 Å². The fourth-order valence-corrected chi connectivity index (χ4v) is 0.482. The summed E-state index contributed by atoms with van der Waals surface area (Å²) in [6, 6.07) is 0. The molecule has 0 spiro atoms. The van der Waals surface area contributed by atoms with Gasteiger partial charge in [0.05, 0.1) is 6.54 Å². The maximum absolute atomic E-state index is 12.0. The zero-order valence-corrected chi connectivity index (χ0v) is 4.21. The minimum atomic E-state index is -0.326. The van der Waals surface area contributed by atoms with E-state index in [2.05, 4.69) is 0 Å². The average Bonchev–Trinajstić information content (AvgIpc) is 1.77. The van der Waals surface area contributed by atoms with E-state index in [1.807, 2.05) is 0 Å². The lowest BCUT2D eigenvalue weighted by molar-refractivity contribution is 0.0228. The molecular weight excluding hydrogens is 109 g/mol. The second kappa shape index (κ2) is 1.86. The molecular formula is C5H6FNO. The molecule has 0 saturated heterocycles. The first kappa shape index (κ1) is 5.15. The van der Waals surface area contributed by atoms with Gasteiger partial charge in [-0.3, -0.25) is 0 Å². The van der Waals surface area contributed by atoms with Gasteiger partial charge in [0.15, 0.2) is 0 Å². The van der Waals surface area contributed by atoms with Crippen molar-refractivity contribution >= 4 is 0 Å². The molecule has 0 bridgehead atoms. The number of hydrogen-bond acceptors (Lipinski definition) is 2. The number of rotatable bonds is 0. The van der Waals surface area contributed by atoms with E-state index in [0.717, 1.165) is 0 Å². The van der Waals surface area contributed by atoms with Crippen LogP contribution in [-0.2, 0) is 0 Å². The van der Waals surface area contributed by atoms with Crippen LogP contribution < -0.4 is 0 Å². The average molecular weight is 115 g/mol. The minimum Gasteiger partial charge on any atom is -0.493 e. The van der Waals surface area contributed by atoms with Gasteiger partial charge in [-0.2, -0.15) is 5.12 Å². The van der Waals surface area contributed by atoms with Crippen molar-refractivity contribution in [3.8, 4) is 0 Å². The highest BCUT2D eigenvalue weighted by atomic mass is 19.2. The number of allylic oxidation sites excluding steroid dienone is 2. The molecule has 1 N–H and O–H groups in total.